The Morgan fingerprint density at radius 1 is 1.10 bits per heavy atom. The Morgan fingerprint density at radius 3 is 2.31 bits per heavy atom. The van der Waals surface area contributed by atoms with E-state index in [1.54, 1.807) is 24.3 Å². The second kappa shape index (κ2) is 9.41. The first-order valence-electron chi connectivity index (χ1n) is 10.00. The lowest BCUT2D eigenvalue weighted by Gasteiger charge is -2.31. The molecule has 1 saturated heterocycles. The highest BCUT2D eigenvalue weighted by atomic mass is 32.2. The Bertz CT molecular complexity index is 906. The van der Waals surface area contributed by atoms with Gasteiger partial charge in [0.1, 0.15) is 5.75 Å². The van der Waals surface area contributed by atoms with Gasteiger partial charge in [0.15, 0.2) is 0 Å². The molecule has 0 aliphatic carbocycles. The van der Waals surface area contributed by atoms with Crippen molar-refractivity contribution in [2.45, 2.75) is 37.6 Å². The van der Waals surface area contributed by atoms with Gasteiger partial charge in [0, 0.05) is 19.0 Å². The van der Waals surface area contributed by atoms with Crippen molar-refractivity contribution in [2.24, 2.45) is 5.92 Å². The Balaban J connectivity index is 1.57. The molecule has 2 aromatic rings. The fraction of sp³-hybridized carbons (Fsp3) is 0.409. The predicted octanol–water partition coefficient (Wildman–Crippen LogP) is 3.36. The number of hydrogen-bond acceptors (Lipinski definition) is 4. The van der Waals surface area contributed by atoms with Crippen molar-refractivity contribution in [1.29, 1.82) is 0 Å². The van der Waals surface area contributed by atoms with Crippen LogP contribution < -0.4 is 10.1 Å². The summed E-state index contributed by atoms with van der Waals surface area (Å²) in [5.74, 6) is 0.460. The molecule has 3 rings (SSSR count). The minimum absolute atomic E-state index is 0.0144. The molecule has 1 atom stereocenters. The average Bonchev–Trinajstić information content (AvgIpc) is 2.75. The normalized spacial score (nSPS) is 16.9. The summed E-state index contributed by atoms with van der Waals surface area (Å²) < 4.78 is 32.6. The van der Waals surface area contributed by atoms with Crippen LogP contribution in [0.25, 0.3) is 0 Å². The van der Waals surface area contributed by atoms with E-state index in [1.807, 2.05) is 44.2 Å². The van der Waals surface area contributed by atoms with Crippen LogP contribution >= 0.6 is 0 Å². The maximum Gasteiger partial charge on any atom is 0.243 e. The molecule has 29 heavy (non-hydrogen) atoms. The summed E-state index contributed by atoms with van der Waals surface area (Å²) in [6, 6.07) is 16.2. The average molecular weight is 417 g/mol. The number of hydrogen-bond donors (Lipinski definition) is 1. The Kier molecular flexibility index (Phi) is 6.92. The lowest BCUT2D eigenvalue weighted by molar-refractivity contribution is -0.126. The molecule has 1 heterocycles. The zero-order valence-electron chi connectivity index (χ0n) is 16.9. The highest BCUT2D eigenvalue weighted by molar-refractivity contribution is 7.89. The van der Waals surface area contributed by atoms with Crippen molar-refractivity contribution in [3.63, 3.8) is 0 Å². The molecule has 0 spiro atoms. The number of ether oxygens (including phenoxy) is 1. The van der Waals surface area contributed by atoms with Crippen LogP contribution in [0.2, 0.25) is 0 Å². The number of carbonyl (C=O) groups excluding carboxylic acids is 1. The fourth-order valence-corrected chi connectivity index (χ4v) is 5.01. The number of nitrogens with zero attached hydrogens (tertiary/aromatic N) is 1. The summed E-state index contributed by atoms with van der Waals surface area (Å²) in [5.41, 5.74) is 1.05. The molecule has 7 heteroatoms. The molecule has 1 fully saturated rings. The summed E-state index contributed by atoms with van der Waals surface area (Å²) in [7, 11) is -3.56. The van der Waals surface area contributed by atoms with Gasteiger partial charge in [-0.1, -0.05) is 30.3 Å². The van der Waals surface area contributed by atoms with Crippen LogP contribution in [0, 0.1) is 5.92 Å². The van der Waals surface area contributed by atoms with Crippen molar-refractivity contribution in [3.8, 4) is 5.75 Å². The maximum absolute atomic E-state index is 12.9. The minimum atomic E-state index is -3.56. The molecular weight excluding hydrogens is 388 g/mol. The topological polar surface area (TPSA) is 75.7 Å². The van der Waals surface area contributed by atoms with Gasteiger partial charge in [0.25, 0.3) is 0 Å². The third-order valence-corrected chi connectivity index (χ3v) is 7.17. The molecule has 6 nitrogen and oxygen atoms in total. The summed E-state index contributed by atoms with van der Waals surface area (Å²) in [5, 5.41) is 3.05. The molecule has 2 aromatic carbocycles. The van der Waals surface area contributed by atoms with Crippen molar-refractivity contribution in [3.05, 3.63) is 60.2 Å². The lowest BCUT2D eigenvalue weighted by Crippen LogP contribution is -2.43. The second-order valence-corrected chi connectivity index (χ2v) is 9.16. The number of benzene rings is 2. The summed E-state index contributed by atoms with van der Waals surface area (Å²) in [6.45, 7) is 5.05. The first kappa shape index (κ1) is 21.3. The molecule has 1 N–H and O–H groups in total. The SMILES string of the molecule is CCOc1ccc(S(=O)(=O)N2CCC(C(=O)NC(C)c3ccccc3)CC2)cc1. The molecule has 1 aliphatic heterocycles. The molecular formula is C22H28N2O4S. The van der Waals surface area contributed by atoms with E-state index in [0.29, 0.717) is 38.3 Å². The maximum atomic E-state index is 12.9. The van der Waals surface area contributed by atoms with E-state index in [0.717, 1.165) is 5.56 Å². The third kappa shape index (κ3) is 5.16. The van der Waals surface area contributed by atoms with Gasteiger partial charge in [-0.3, -0.25) is 4.79 Å². The summed E-state index contributed by atoms with van der Waals surface area (Å²) in [6.07, 6.45) is 1.03. The van der Waals surface area contributed by atoms with Gasteiger partial charge >= 0.3 is 0 Å². The van der Waals surface area contributed by atoms with Crippen LogP contribution in [-0.2, 0) is 14.8 Å². The Labute approximate surface area is 172 Å². The van der Waals surface area contributed by atoms with Crippen LogP contribution in [0.5, 0.6) is 5.75 Å². The van der Waals surface area contributed by atoms with E-state index in [1.165, 1.54) is 4.31 Å². The Hall–Kier alpha value is -2.38. The van der Waals surface area contributed by atoms with E-state index in [9.17, 15) is 13.2 Å². The minimum Gasteiger partial charge on any atom is -0.494 e. The van der Waals surface area contributed by atoms with E-state index < -0.39 is 10.0 Å². The second-order valence-electron chi connectivity index (χ2n) is 7.22. The molecule has 0 radical (unpaired) electrons. The van der Waals surface area contributed by atoms with Crippen LogP contribution in [0.4, 0.5) is 0 Å². The van der Waals surface area contributed by atoms with Crippen molar-refractivity contribution in [2.75, 3.05) is 19.7 Å². The monoisotopic (exact) mass is 416 g/mol. The Morgan fingerprint density at radius 2 is 1.72 bits per heavy atom. The van der Waals surface area contributed by atoms with E-state index >= 15 is 0 Å². The number of amides is 1. The highest BCUT2D eigenvalue weighted by Crippen LogP contribution is 2.26. The number of piperidine rings is 1. The van der Waals surface area contributed by atoms with Crippen LogP contribution in [0.3, 0.4) is 0 Å². The lowest BCUT2D eigenvalue weighted by atomic mass is 9.96. The molecule has 0 saturated carbocycles. The van der Waals surface area contributed by atoms with Gasteiger partial charge in [-0.25, -0.2) is 8.42 Å². The van der Waals surface area contributed by atoms with E-state index in [4.69, 9.17) is 4.74 Å². The highest BCUT2D eigenvalue weighted by Gasteiger charge is 2.32. The van der Waals surface area contributed by atoms with Crippen LogP contribution in [0.1, 0.15) is 38.3 Å². The predicted molar refractivity (Wildman–Crippen MR) is 112 cm³/mol. The number of sulfonamides is 1. The van der Waals surface area contributed by atoms with Crippen molar-refractivity contribution >= 4 is 15.9 Å². The summed E-state index contributed by atoms with van der Waals surface area (Å²) >= 11 is 0. The van der Waals surface area contributed by atoms with Crippen LogP contribution in [-0.4, -0.2) is 38.3 Å². The van der Waals surface area contributed by atoms with Gasteiger partial charge < -0.3 is 10.1 Å². The molecule has 156 valence electrons. The van der Waals surface area contributed by atoms with Crippen molar-refractivity contribution in [1.82, 2.24) is 9.62 Å². The zero-order valence-corrected chi connectivity index (χ0v) is 17.7. The van der Waals surface area contributed by atoms with Gasteiger partial charge in [-0.2, -0.15) is 4.31 Å². The first-order chi connectivity index (χ1) is 13.9. The van der Waals surface area contributed by atoms with Crippen molar-refractivity contribution < 1.29 is 17.9 Å². The molecule has 0 bridgehead atoms. The number of nitrogens with one attached hydrogen (secondary N) is 1. The quantitative estimate of drug-likeness (QED) is 0.751. The third-order valence-electron chi connectivity index (χ3n) is 5.26. The largest absolute Gasteiger partial charge is 0.494 e. The van der Waals surface area contributed by atoms with Gasteiger partial charge in [0.05, 0.1) is 17.5 Å². The van der Waals surface area contributed by atoms with Crippen LogP contribution in [0.15, 0.2) is 59.5 Å². The van der Waals surface area contributed by atoms with E-state index in [2.05, 4.69) is 5.32 Å². The first-order valence-corrected chi connectivity index (χ1v) is 11.4. The molecule has 1 unspecified atom stereocenters. The van der Waals surface area contributed by atoms with Gasteiger partial charge in [-0.05, 0) is 56.5 Å². The molecule has 1 aliphatic rings. The van der Waals surface area contributed by atoms with Gasteiger partial charge in [-0.15, -0.1) is 0 Å². The molecule has 1 amide bonds. The van der Waals surface area contributed by atoms with E-state index in [-0.39, 0.29) is 22.8 Å². The van der Waals surface area contributed by atoms with Gasteiger partial charge in [0.2, 0.25) is 15.9 Å². The number of rotatable bonds is 7. The summed E-state index contributed by atoms with van der Waals surface area (Å²) in [4.78, 5) is 12.9. The zero-order chi connectivity index (χ0) is 20.9. The standard InChI is InChI=1S/C22H28N2O4S/c1-3-28-20-9-11-21(12-10-20)29(26,27)24-15-13-19(14-16-24)22(25)23-17(2)18-7-5-4-6-8-18/h4-12,17,19H,3,13-16H2,1-2H3,(H,23,25). The fourth-order valence-electron chi connectivity index (χ4n) is 3.54. The molecule has 0 aromatic heterocycles. The number of carbonyl (C=O) groups is 1. The smallest absolute Gasteiger partial charge is 0.243 e.